The zero-order valence-electron chi connectivity index (χ0n) is 19.2. The van der Waals surface area contributed by atoms with Crippen LogP contribution >= 0.6 is 0 Å². The molecule has 0 saturated carbocycles. The maximum atomic E-state index is 14.3. The molecule has 1 unspecified atom stereocenters. The van der Waals surface area contributed by atoms with Crippen molar-refractivity contribution in [3.63, 3.8) is 0 Å². The van der Waals surface area contributed by atoms with E-state index < -0.39 is 42.6 Å². The number of aromatic nitrogens is 1. The first-order valence-corrected chi connectivity index (χ1v) is 10.8. The number of hydrogen-bond acceptors (Lipinski definition) is 6. The second kappa shape index (κ2) is 9.84. The van der Waals surface area contributed by atoms with Gasteiger partial charge in [0.1, 0.15) is 23.0 Å². The summed E-state index contributed by atoms with van der Waals surface area (Å²) in [5, 5.41) is 13.8. The van der Waals surface area contributed by atoms with Crippen molar-refractivity contribution in [1.29, 1.82) is 0 Å². The Morgan fingerprint density at radius 1 is 1.17 bits per heavy atom. The van der Waals surface area contributed by atoms with Crippen molar-refractivity contribution in [2.24, 2.45) is 5.10 Å². The average molecular weight is 503 g/mol. The molecular formula is C25H21F4N3O4. The van der Waals surface area contributed by atoms with Gasteiger partial charge in [0.25, 0.3) is 0 Å². The minimum absolute atomic E-state index is 0.278. The van der Waals surface area contributed by atoms with Crippen molar-refractivity contribution in [3.05, 3.63) is 66.1 Å². The third-order valence-corrected chi connectivity index (χ3v) is 5.60. The van der Waals surface area contributed by atoms with Crippen LogP contribution in [0.2, 0.25) is 0 Å². The highest BCUT2D eigenvalue weighted by Crippen LogP contribution is 2.35. The molecule has 11 heteroatoms. The lowest BCUT2D eigenvalue weighted by atomic mass is 10.0. The van der Waals surface area contributed by atoms with E-state index in [9.17, 15) is 22.4 Å². The molecule has 4 rings (SSSR count). The molecule has 188 valence electrons. The summed E-state index contributed by atoms with van der Waals surface area (Å²) in [5.74, 6) is -0.540. The second-order valence-electron chi connectivity index (χ2n) is 8.13. The first-order chi connectivity index (χ1) is 17.0. The summed E-state index contributed by atoms with van der Waals surface area (Å²) in [5.41, 5.74) is 0.925. The van der Waals surface area contributed by atoms with E-state index in [0.29, 0.717) is 33.9 Å². The maximum absolute atomic E-state index is 14.3. The molecule has 7 nitrogen and oxygen atoms in total. The number of aryl methyl sites for hydroxylation is 1. The number of alkyl halides is 3. The number of anilines is 1. The molecule has 0 saturated heterocycles. The molecule has 1 aromatic heterocycles. The molecule has 3 aromatic rings. The Labute approximate surface area is 203 Å². The molecule has 1 N–H and O–H groups in total. The highest BCUT2D eigenvalue weighted by atomic mass is 19.4. The van der Waals surface area contributed by atoms with Gasteiger partial charge in [-0.25, -0.2) is 9.37 Å². The molecule has 1 aliphatic rings. The van der Waals surface area contributed by atoms with E-state index in [2.05, 4.69) is 10.1 Å². The van der Waals surface area contributed by atoms with Crippen LogP contribution in [0.25, 0.3) is 11.1 Å². The largest absolute Gasteiger partial charge is 0.481 e. The lowest BCUT2D eigenvalue weighted by Crippen LogP contribution is -2.29. The summed E-state index contributed by atoms with van der Waals surface area (Å²) >= 11 is 0. The number of benzene rings is 2. The monoisotopic (exact) mass is 503 g/mol. The molecule has 0 aliphatic carbocycles. The second-order valence-corrected chi connectivity index (χ2v) is 8.13. The van der Waals surface area contributed by atoms with Crippen LogP contribution in [0.5, 0.6) is 17.4 Å². The van der Waals surface area contributed by atoms with Crippen LogP contribution in [0.15, 0.2) is 59.8 Å². The zero-order chi connectivity index (χ0) is 26.0. The van der Waals surface area contributed by atoms with E-state index in [4.69, 9.17) is 14.6 Å². The first kappa shape index (κ1) is 25.0. The van der Waals surface area contributed by atoms with Crippen LogP contribution in [-0.2, 0) is 4.79 Å². The number of nitrogens with zero attached hydrogens (tertiary/aromatic N) is 3. The molecule has 0 fully saturated rings. The van der Waals surface area contributed by atoms with Crippen LogP contribution in [0.3, 0.4) is 0 Å². The summed E-state index contributed by atoms with van der Waals surface area (Å²) < 4.78 is 64.7. The van der Waals surface area contributed by atoms with Gasteiger partial charge in [0, 0.05) is 18.1 Å². The first-order valence-electron chi connectivity index (χ1n) is 10.8. The maximum Gasteiger partial charge on any atom is 0.431 e. The van der Waals surface area contributed by atoms with Crippen molar-refractivity contribution in [2.75, 3.05) is 12.1 Å². The number of carboxylic acids is 1. The Morgan fingerprint density at radius 2 is 1.89 bits per heavy atom. The summed E-state index contributed by atoms with van der Waals surface area (Å²) in [6, 6.07) is 11.8. The van der Waals surface area contributed by atoms with Crippen LogP contribution in [0.1, 0.15) is 18.4 Å². The Balaban J connectivity index is 1.53. The van der Waals surface area contributed by atoms with Crippen molar-refractivity contribution in [3.8, 4) is 28.5 Å². The van der Waals surface area contributed by atoms with Gasteiger partial charge >= 0.3 is 12.1 Å². The fraction of sp³-hybridized carbons (Fsp3) is 0.240. The number of carboxylic acid groups (broad SMARTS) is 1. The van der Waals surface area contributed by atoms with Gasteiger partial charge in [-0.2, -0.15) is 18.3 Å². The quantitative estimate of drug-likeness (QED) is 0.400. The third kappa shape index (κ3) is 5.40. The predicted molar refractivity (Wildman–Crippen MR) is 124 cm³/mol. The number of ether oxygens (including phenoxy) is 2. The minimum Gasteiger partial charge on any atom is -0.481 e. The van der Waals surface area contributed by atoms with Gasteiger partial charge in [-0.15, -0.1) is 0 Å². The predicted octanol–water partition coefficient (Wildman–Crippen LogP) is 5.97. The topological polar surface area (TPSA) is 84.2 Å². The van der Waals surface area contributed by atoms with Gasteiger partial charge < -0.3 is 14.6 Å². The van der Waals surface area contributed by atoms with Crippen LogP contribution in [0.4, 0.5) is 23.2 Å². The molecule has 2 heterocycles. The van der Waals surface area contributed by atoms with Crippen LogP contribution < -0.4 is 14.5 Å². The van der Waals surface area contributed by atoms with Crippen LogP contribution in [0, 0.1) is 12.7 Å². The van der Waals surface area contributed by atoms with E-state index in [1.54, 1.807) is 37.3 Å². The Hall–Kier alpha value is -4.15. The normalized spacial score (nSPS) is 15.6. The lowest BCUT2D eigenvalue weighted by molar-refractivity contribution is -0.137. The molecule has 0 radical (unpaired) electrons. The summed E-state index contributed by atoms with van der Waals surface area (Å²) in [4.78, 5) is 15.0. The molecule has 0 bridgehead atoms. The zero-order valence-corrected chi connectivity index (χ0v) is 19.2. The average Bonchev–Trinajstić information content (AvgIpc) is 3.25. The number of aliphatic carboxylic acids is 1. The smallest absolute Gasteiger partial charge is 0.431 e. The number of methoxy groups -OCH3 is 1. The van der Waals surface area contributed by atoms with Crippen molar-refractivity contribution < 1.29 is 36.9 Å². The molecule has 0 amide bonds. The van der Waals surface area contributed by atoms with E-state index >= 15 is 0 Å². The van der Waals surface area contributed by atoms with Gasteiger partial charge in [-0.1, -0.05) is 6.07 Å². The number of pyridine rings is 1. The standard InChI is InChI=1S/C25H21F4N3O4/c1-14-9-15(19-12-23(35-2)30-13-20(19)26)3-8-21(14)36-18-6-4-16(5-7-18)32-17(11-24(33)34)10-22(31-32)25(27,28)29/h3-9,12-13,17H,10-11H2,1-2H3,(H,33,34). The lowest BCUT2D eigenvalue weighted by Gasteiger charge is -2.22. The van der Waals surface area contributed by atoms with E-state index in [-0.39, 0.29) is 5.88 Å². The minimum atomic E-state index is -4.64. The van der Waals surface area contributed by atoms with E-state index in [0.717, 1.165) is 11.2 Å². The molecular weight excluding hydrogens is 482 g/mol. The molecule has 1 atom stereocenters. The van der Waals surface area contributed by atoms with Crippen molar-refractivity contribution in [2.45, 2.75) is 32.0 Å². The third-order valence-electron chi connectivity index (χ3n) is 5.60. The number of hydrogen-bond donors (Lipinski definition) is 1. The fourth-order valence-electron chi connectivity index (χ4n) is 3.84. The van der Waals surface area contributed by atoms with E-state index in [1.807, 2.05) is 0 Å². The fourth-order valence-corrected chi connectivity index (χ4v) is 3.84. The van der Waals surface area contributed by atoms with Crippen molar-refractivity contribution >= 4 is 17.4 Å². The summed E-state index contributed by atoms with van der Waals surface area (Å²) in [6.45, 7) is 1.79. The molecule has 36 heavy (non-hydrogen) atoms. The number of halogens is 4. The number of rotatable bonds is 7. The highest BCUT2D eigenvalue weighted by molar-refractivity contribution is 5.94. The number of hydrazone groups is 1. The van der Waals surface area contributed by atoms with Gasteiger partial charge in [0.05, 0.1) is 31.5 Å². The summed E-state index contributed by atoms with van der Waals surface area (Å²) in [7, 11) is 1.44. The molecule has 1 aliphatic heterocycles. The molecule has 2 aromatic carbocycles. The Bertz CT molecular complexity index is 1310. The van der Waals surface area contributed by atoms with Gasteiger partial charge in [-0.3, -0.25) is 9.80 Å². The summed E-state index contributed by atoms with van der Waals surface area (Å²) in [6.07, 6.45) is -4.55. The van der Waals surface area contributed by atoms with E-state index in [1.165, 1.54) is 25.3 Å². The van der Waals surface area contributed by atoms with Gasteiger partial charge in [0.15, 0.2) is 0 Å². The number of carbonyl (C=O) groups is 1. The highest BCUT2D eigenvalue weighted by Gasteiger charge is 2.43. The van der Waals surface area contributed by atoms with Crippen molar-refractivity contribution in [1.82, 2.24) is 4.98 Å². The Morgan fingerprint density at radius 3 is 2.50 bits per heavy atom. The SMILES string of the molecule is COc1cc(-c2ccc(Oc3ccc(N4N=C(C(F)(F)F)CC4CC(=O)O)cc3)c(C)c2)c(F)cn1. The molecule has 0 spiro atoms. The van der Waals surface area contributed by atoms with Gasteiger partial charge in [-0.05, 0) is 54.4 Å². The Kier molecular flexibility index (Phi) is 6.82. The van der Waals surface area contributed by atoms with Gasteiger partial charge in [0.2, 0.25) is 5.88 Å². The van der Waals surface area contributed by atoms with Crippen LogP contribution in [-0.4, -0.2) is 41.1 Å².